The van der Waals surface area contributed by atoms with E-state index >= 15 is 0 Å². The minimum absolute atomic E-state index is 0.409. The second kappa shape index (κ2) is 8.90. The van der Waals surface area contributed by atoms with E-state index in [2.05, 4.69) is 0 Å². The van der Waals surface area contributed by atoms with Crippen LogP contribution < -0.4 is 9.47 Å². The summed E-state index contributed by atoms with van der Waals surface area (Å²) in [6, 6.07) is 24.4. The van der Waals surface area contributed by atoms with Gasteiger partial charge in [-0.05, 0) is 36.2 Å². The zero-order chi connectivity index (χ0) is 19.1. The zero-order valence-corrected chi connectivity index (χ0v) is 15.4. The maximum absolute atomic E-state index is 12.8. The van der Waals surface area contributed by atoms with Gasteiger partial charge in [0.05, 0.1) is 19.3 Å². The fourth-order valence-electron chi connectivity index (χ4n) is 2.83. The topological polar surface area (TPSA) is 44.8 Å². The summed E-state index contributed by atoms with van der Waals surface area (Å²) in [6.45, 7) is 2.41. The molecule has 0 spiro atoms. The van der Waals surface area contributed by atoms with Crippen LogP contribution in [0.15, 0.2) is 78.9 Å². The molecular weight excluding hydrogens is 340 g/mol. The van der Waals surface area contributed by atoms with Gasteiger partial charge in [-0.25, -0.2) is 4.79 Å². The highest BCUT2D eigenvalue weighted by atomic mass is 16.5. The summed E-state index contributed by atoms with van der Waals surface area (Å²) in [6.07, 6.45) is -0.488. The van der Waals surface area contributed by atoms with Crippen LogP contribution in [0.4, 0.5) is 0 Å². The van der Waals surface area contributed by atoms with Gasteiger partial charge >= 0.3 is 5.97 Å². The highest BCUT2D eigenvalue weighted by Gasteiger charge is 2.21. The van der Waals surface area contributed by atoms with Crippen molar-refractivity contribution in [2.45, 2.75) is 13.0 Å². The van der Waals surface area contributed by atoms with Crippen molar-refractivity contribution < 1.29 is 19.0 Å². The van der Waals surface area contributed by atoms with Gasteiger partial charge in [0.15, 0.2) is 17.6 Å². The Labute approximate surface area is 159 Å². The highest BCUT2D eigenvalue weighted by Crippen LogP contribution is 2.31. The average molecular weight is 362 g/mol. The molecule has 0 N–H and O–H groups in total. The molecule has 0 aliphatic rings. The van der Waals surface area contributed by atoms with E-state index in [9.17, 15) is 4.79 Å². The molecule has 3 aromatic carbocycles. The van der Waals surface area contributed by atoms with Crippen LogP contribution in [0, 0.1) is 0 Å². The number of benzene rings is 3. The molecule has 4 heteroatoms. The first-order valence-electron chi connectivity index (χ1n) is 8.84. The first kappa shape index (κ1) is 18.5. The van der Waals surface area contributed by atoms with E-state index in [4.69, 9.17) is 14.2 Å². The monoisotopic (exact) mass is 362 g/mol. The summed E-state index contributed by atoms with van der Waals surface area (Å²) >= 11 is 0. The second-order valence-electron chi connectivity index (χ2n) is 5.91. The lowest BCUT2D eigenvalue weighted by molar-refractivity contribution is 0.0377. The van der Waals surface area contributed by atoms with Crippen molar-refractivity contribution in [2.75, 3.05) is 13.7 Å². The molecule has 0 saturated carbocycles. The Kier molecular flexibility index (Phi) is 6.10. The second-order valence-corrected chi connectivity index (χ2v) is 5.91. The molecule has 0 fully saturated rings. The lowest BCUT2D eigenvalue weighted by atomic mass is 10.0. The van der Waals surface area contributed by atoms with Gasteiger partial charge in [0.2, 0.25) is 0 Å². The molecule has 27 heavy (non-hydrogen) atoms. The van der Waals surface area contributed by atoms with Gasteiger partial charge in [-0.15, -0.1) is 0 Å². The normalized spacial score (nSPS) is 10.5. The van der Waals surface area contributed by atoms with Gasteiger partial charge in [0.1, 0.15) is 0 Å². The molecule has 0 bridgehead atoms. The Morgan fingerprint density at radius 2 is 1.44 bits per heavy atom. The zero-order valence-electron chi connectivity index (χ0n) is 15.4. The van der Waals surface area contributed by atoms with E-state index in [1.807, 2.05) is 67.6 Å². The maximum Gasteiger partial charge on any atom is 0.339 e. The molecule has 0 atom stereocenters. The van der Waals surface area contributed by atoms with Crippen LogP contribution in [0.2, 0.25) is 0 Å². The van der Waals surface area contributed by atoms with Gasteiger partial charge in [-0.3, -0.25) is 0 Å². The first-order chi connectivity index (χ1) is 13.2. The molecule has 0 heterocycles. The fraction of sp³-hybridized carbons (Fsp3) is 0.174. The standard InChI is InChI=1S/C23H22O4/c1-3-26-20-15-14-19(16-21(20)25-2)23(24)27-22(17-10-6-4-7-11-17)18-12-8-5-9-13-18/h4-16,22H,3H2,1-2H3. The maximum atomic E-state index is 12.8. The van der Waals surface area contributed by atoms with Gasteiger partial charge in [-0.1, -0.05) is 60.7 Å². The Morgan fingerprint density at radius 3 is 1.96 bits per heavy atom. The van der Waals surface area contributed by atoms with E-state index in [0.29, 0.717) is 23.7 Å². The van der Waals surface area contributed by atoms with Crippen LogP contribution in [-0.2, 0) is 4.74 Å². The molecule has 4 nitrogen and oxygen atoms in total. The molecule has 0 aliphatic carbocycles. The van der Waals surface area contributed by atoms with E-state index in [-0.39, 0.29) is 0 Å². The summed E-state index contributed by atoms with van der Waals surface area (Å²) in [4.78, 5) is 12.8. The van der Waals surface area contributed by atoms with Gasteiger partial charge in [-0.2, -0.15) is 0 Å². The van der Waals surface area contributed by atoms with Crippen LogP contribution in [0.1, 0.15) is 34.5 Å². The number of carbonyl (C=O) groups is 1. The Balaban J connectivity index is 1.89. The molecule has 0 amide bonds. The highest BCUT2D eigenvalue weighted by molar-refractivity contribution is 5.90. The number of carbonyl (C=O) groups excluding carboxylic acids is 1. The number of ether oxygens (including phenoxy) is 3. The van der Waals surface area contributed by atoms with E-state index in [1.165, 1.54) is 0 Å². The quantitative estimate of drug-likeness (QED) is 0.552. The van der Waals surface area contributed by atoms with Gasteiger partial charge in [0.25, 0.3) is 0 Å². The number of rotatable bonds is 7. The van der Waals surface area contributed by atoms with Crippen molar-refractivity contribution in [2.24, 2.45) is 0 Å². The molecule has 3 aromatic rings. The number of hydrogen-bond acceptors (Lipinski definition) is 4. The van der Waals surface area contributed by atoms with Crippen molar-refractivity contribution in [1.82, 2.24) is 0 Å². The number of hydrogen-bond donors (Lipinski definition) is 0. The SMILES string of the molecule is CCOc1ccc(C(=O)OC(c2ccccc2)c2ccccc2)cc1OC. The number of methoxy groups -OCH3 is 1. The lowest BCUT2D eigenvalue weighted by Gasteiger charge is -2.19. The third-order valence-corrected chi connectivity index (χ3v) is 4.13. The molecule has 138 valence electrons. The molecule has 0 aromatic heterocycles. The minimum atomic E-state index is -0.488. The summed E-state index contributed by atoms with van der Waals surface area (Å²) in [5.74, 6) is 0.676. The van der Waals surface area contributed by atoms with Crippen LogP contribution in [-0.4, -0.2) is 19.7 Å². The first-order valence-corrected chi connectivity index (χ1v) is 8.84. The van der Waals surface area contributed by atoms with E-state index < -0.39 is 12.1 Å². The Morgan fingerprint density at radius 1 is 0.852 bits per heavy atom. The van der Waals surface area contributed by atoms with Gasteiger partial charge in [0, 0.05) is 0 Å². The minimum Gasteiger partial charge on any atom is -0.493 e. The Bertz CT molecular complexity index is 836. The smallest absolute Gasteiger partial charge is 0.339 e. The van der Waals surface area contributed by atoms with Crippen LogP contribution in [0.3, 0.4) is 0 Å². The molecule has 0 unspecified atom stereocenters. The Hall–Kier alpha value is -3.27. The van der Waals surface area contributed by atoms with E-state index in [0.717, 1.165) is 11.1 Å². The fourth-order valence-corrected chi connectivity index (χ4v) is 2.83. The van der Waals surface area contributed by atoms with Crippen LogP contribution >= 0.6 is 0 Å². The molecule has 0 radical (unpaired) electrons. The van der Waals surface area contributed by atoms with Crippen molar-refractivity contribution in [3.05, 3.63) is 95.6 Å². The largest absolute Gasteiger partial charge is 0.493 e. The predicted octanol–water partition coefficient (Wildman–Crippen LogP) is 5.04. The van der Waals surface area contributed by atoms with Gasteiger partial charge < -0.3 is 14.2 Å². The summed E-state index contributed by atoms with van der Waals surface area (Å²) < 4.78 is 16.7. The van der Waals surface area contributed by atoms with Crippen molar-refractivity contribution in [1.29, 1.82) is 0 Å². The third kappa shape index (κ3) is 4.47. The average Bonchev–Trinajstić information content (AvgIpc) is 2.73. The molecular formula is C23H22O4. The molecule has 0 aliphatic heterocycles. The third-order valence-electron chi connectivity index (χ3n) is 4.13. The summed E-state index contributed by atoms with van der Waals surface area (Å²) in [7, 11) is 1.55. The van der Waals surface area contributed by atoms with Crippen molar-refractivity contribution >= 4 is 5.97 Å². The van der Waals surface area contributed by atoms with E-state index in [1.54, 1.807) is 25.3 Å². The predicted molar refractivity (Wildman–Crippen MR) is 104 cm³/mol. The summed E-state index contributed by atoms with van der Waals surface area (Å²) in [5.41, 5.74) is 2.23. The number of esters is 1. The van der Waals surface area contributed by atoms with Crippen molar-refractivity contribution in [3.8, 4) is 11.5 Å². The lowest BCUT2D eigenvalue weighted by Crippen LogP contribution is -2.13. The molecule has 0 saturated heterocycles. The van der Waals surface area contributed by atoms with Crippen LogP contribution in [0.5, 0.6) is 11.5 Å². The van der Waals surface area contributed by atoms with Crippen LogP contribution in [0.25, 0.3) is 0 Å². The molecule has 3 rings (SSSR count). The van der Waals surface area contributed by atoms with Crippen molar-refractivity contribution in [3.63, 3.8) is 0 Å². The summed E-state index contributed by atoms with van der Waals surface area (Å²) in [5, 5.41) is 0.